The van der Waals surface area contributed by atoms with Crippen LogP contribution in [0.1, 0.15) is 56.8 Å². The predicted molar refractivity (Wildman–Crippen MR) is 149 cm³/mol. The minimum Gasteiger partial charge on any atom is -0.326 e. The van der Waals surface area contributed by atoms with Crippen molar-refractivity contribution in [3.8, 4) is 0 Å². The van der Waals surface area contributed by atoms with Crippen LogP contribution in [0.2, 0.25) is 0 Å². The molecule has 0 saturated carbocycles. The summed E-state index contributed by atoms with van der Waals surface area (Å²) in [5, 5.41) is 2.76. The number of amides is 2. The number of sulfonamides is 1. The molecule has 1 heterocycles. The average molecular weight is 543 g/mol. The van der Waals surface area contributed by atoms with Gasteiger partial charge in [0.15, 0.2) is 4.80 Å². The number of anilines is 1. The lowest BCUT2D eigenvalue weighted by molar-refractivity contribution is -0.114. The molecular weight excluding hydrogens is 508 g/mol. The predicted octanol–water partition coefficient (Wildman–Crippen LogP) is 5.18. The average Bonchev–Trinajstić information content (AvgIpc) is 3.19. The molecule has 2 amide bonds. The molecule has 0 atom stereocenters. The molecule has 1 aromatic heterocycles. The SMILES string of the molecule is C=CCn1c(=NC(=O)c2ccc(S(=O)(=O)N(CCCC)CCCC)cc2)sc2cc(NC(C)=O)ccc21. The fraction of sp³-hybridized carbons (Fsp3) is 0.370. The molecule has 0 unspecified atom stereocenters. The quantitative estimate of drug-likeness (QED) is 0.319. The molecule has 2 aromatic carbocycles. The number of nitrogens with zero attached hydrogens (tertiary/aromatic N) is 3. The van der Waals surface area contributed by atoms with Crippen LogP contribution >= 0.6 is 11.3 Å². The fourth-order valence-corrected chi connectivity index (χ4v) is 6.43. The molecule has 3 rings (SSSR count). The molecule has 0 fully saturated rings. The normalized spacial score (nSPS) is 12.3. The monoisotopic (exact) mass is 542 g/mol. The van der Waals surface area contributed by atoms with Crippen LogP contribution in [0.25, 0.3) is 10.2 Å². The number of carbonyl (C=O) groups is 2. The van der Waals surface area contributed by atoms with E-state index in [1.54, 1.807) is 12.1 Å². The van der Waals surface area contributed by atoms with Gasteiger partial charge in [-0.3, -0.25) is 9.59 Å². The fourth-order valence-electron chi connectivity index (χ4n) is 3.84. The molecule has 37 heavy (non-hydrogen) atoms. The second-order valence-electron chi connectivity index (χ2n) is 8.70. The van der Waals surface area contributed by atoms with Crippen molar-refractivity contribution in [3.63, 3.8) is 0 Å². The summed E-state index contributed by atoms with van der Waals surface area (Å²) in [6.45, 7) is 10.7. The number of rotatable bonds is 12. The number of thiazole rings is 1. The number of benzene rings is 2. The Labute approximate surface area is 222 Å². The van der Waals surface area contributed by atoms with Crippen molar-refractivity contribution in [1.82, 2.24) is 8.87 Å². The van der Waals surface area contributed by atoms with Crippen molar-refractivity contribution < 1.29 is 18.0 Å². The maximum Gasteiger partial charge on any atom is 0.279 e. The van der Waals surface area contributed by atoms with Gasteiger partial charge in [0.1, 0.15) is 0 Å². The second-order valence-corrected chi connectivity index (χ2v) is 11.6. The number of nitrogens with one attached hydrogen (secondary N) is 1. The molecule has 3 aromatic rings. The largest absolute Gasteiger partial charge is 0.326 e. The van der Waals surface area contributed by atoms with Crippen molar-refractivity contribution in [1.29, 1.82) is 0 Å². The van der Waals surface area contributed by atoms with Gasteiger partial charge in [0.25, 0.3) is 5.91 Å². The summed E-state index contributed by atoms with van der Waals surface area (Å²) in [6, 6.07) is 11.5. The van der Waals surface area contributed by atoms with Crippen LogP contribution in [0.3, 0.4) is 0 Å². The van der Waals surface area contributed by atoms with Crippen molar-refractivity contribution in [2.45, 2.75) is 57.9 Å². The molecule has 0 radical (unpaired) electrons. The van der Waals surface area contributed by atoms with E-state index in [9.17, 15) is 18.0 Å². The van der Waals surface area contributed by atoms with E-state index in [-0.39, 0.29) is 10.8 Å². The number of unbranched alkanes of at least 4 members (excludes halogenated alkanes) is 2. The summed E-state index contributed by atoms with van der Waals surface area (Å²) >= 11 is 1.33. The van der Waals surface area contributed by atoms with Gasteiger partial charge in [-0.15, -0.1) is 6.58 Å². The standard InChI is InChI=1S/C27H34N4O4S2/c1-5-8-17-30(18-9-6-2)37(34,35)23-13-10-21(11-14-23)26(33)29-27-31(16-7-3)24-15-12-22(28-20(4)32)19-25(24)36-27/h7,10-15,19H,3,5-6,8-9,16-18H2,1-2,4H3,(H,28,32). The second kappa shape index (κ2) is 12.9. The summed E-state index contributed by atoms with van der Waals surface area (Å²) in [4.78, 5) is 29.4. The maximum atomic E-state index is 13.2. The van der Waals surface area contributed by atoms with E-state index in [2.05, 4.69) is 16.9 Å². The molecule has 0 bridgehead atoms. The Morgan fingerprint density at radius 1 is 1.08 bits per heavy atom. The smallest absolute Gasteiger partial charge is 0.279 e. The first-order chi connectivity index (χ1) is 17.7. The first-order valence-electron chi connectivity index (χ1n) is 12.4. The lowest BCUT2D eigenvalue weighted by atomic mass is 10.2. The molecular formula is C27H34N4O4S2. The van der Waals surface area contributed by atoms with E-state index in [0.29, 0.717) is 35.7 Å². The van der Waals surface area contributed by atoms with Gasteiger partial charge in [-0.25, -0.2) is 8.42 Å². The molecule has 198 valence electrons. The third kappa shape index (κ3) is 7.03. The van der Waals surface area contributed by atoms with E-state index in [0.717, 1.165) is 35.9 Å². The highest BCUT2D eigenvalue weighted by molar-refractivity contribution is 7.89. The zero-order chi connectivity index (χ0) is 27.0. The Morgan fingerprint density at radius 3 is 2.30 bits per heavy atom. The molecule has 0 aliphatic carbocycles. The van der Waals surface area contributed by atoms with Crippen molar-refractivity contribution in [2.24, 2.45) is 4.99 Å². The number of allylic oxidation sites excluding steroid dienone is 1. The molecule has 0 aliphatic heterocycles. The number of hydrogen-bond donors (Lipinski definition) is 1. The number of fused-ring (bicyclic) bond motifs is 1. The van der Waals surface area contributed by atoms with Crippen LogP contribution in [0.5, 0.6) is 0 Å². The third-order valence-electron chi connectivity index (χ3n) is 5.77. The lowest BCUT2D eigenvalue weighted by Gasteiger charge is -2.22. The zero-order valence-electron chi connectivity index (χ0n) is 21.6. The molecule has 1 N–H and O–H groups in total. The molecule has 10 heteroatoms. The van der Waals surface area contributed by atoms with Crippen molar-refractivity contribution >= 4 is 49.1 Å². The van der Waals surface area contributed by atoms with E-state index < -0.39 is 15.9 Å². The number of aromatic nitrogens is 1. The third-order valence-corrected chi connectivity index (χ3v) is 8.73. The van der Waals surface area contributed by atoms with E-state index >= 15 is 0 Å². The highest BCUT2D eigenvalue weighted by Gasteiger charge is 2.23. The van der Waals surface area contributed by atoms with Crippen molar-refractivity contribution in [2.75, 3.05) is 18.4 Å². The highest BCUT2D eigenvalue weighted by atomic mass is 32.2. The lowest BCUT2D eigenvalue weighted by Crippen LogP contribution is -2.33. The summed E-state index contributed by atoms with van der Waals surface area (Å²) in [7, 11) is -3.64. The van der Waals surface area contributed by atoms with Crippen LogP contribution in [-0.2, 0) is 21.4 Å². The van der Waals surface area contributed by atoms with Gasteiger partial charge in [-0.2, -0.15) is 9.30 Å². The minimum absolute atomic E-state index is 0.167. The van der Waals surface area contributed by atoms with Gasteiger partial charge in [0, 0.05) is 37.8 Å². The van der Waals surface area contributed by atoms with Crippen LogP contribution < -0.4 is 10.1 Å². The minimum atomic E-state index is -3.64. The van der Waals surface area contributed by atoms with Gasteiger partial charge in [0.2, 0.25) is 15.9 Å². The van der Waals surface area contributed by atoms with Crippen LogP contribution in [0, 0.1) is 0 Å². The summed E-state index contributed by atoms with van der Waals surface area (Å²) < 4.78 is 30.7. The summed E-state index contributed by atoms with van der Waals surface area (Å²) in [5.41, 5.74) is 1.83. The molecule has 0 aliphatic rings. The molecule has 8 nitrogen and oxygen atoms in total. The highest BCUT2D eigenvalue weighted by Crippen LogP contribution is 2.23. The Bertz CT molecular complexity index is 1430. The van der Waals surface area contributed by atoms with E-state index in [1.165, 1.54) is 46.8 Å². The molecule has 0 spiro atoms. The molecule has 0 saturated heterocycles. The summed E-state index contributed by atoms with van der Waals surface area (Å²) in [5.74, 6) is -0.636. The topological polar surface area (TPSA) is 101 Å². The van der Waals surface area contributed by atoms with Crippen molar-refractivity contribution in [3.05, 3.63) is 65.5 Å². The van der Waals surface area contributed by atoms with Crippen LogP contribution in [0.4, 0.5) is 5.69 Å². The van der Waals surface area contributed by atoms with Gasteiger partial charge in [-0.1, -0.05) is 44.1 Å². The van der Waals surface area contributed by atoms with Gasteiger partial charge in [-0.05, 0) is 55.3 Å². The number of carbonyl (C=O) groups excluding carboxylic acids is 2. The summed E-state index contributed by atoms with van der Waals surface area (Å²) in [6.07, 6.45) is 5.13. The van der Waals surface area contributed by atoms with Gasteiger partial charge < -0.3 is 9.88 Å². The zero-order valence-corrected chi connectivity index (χ0v) is 23.2. The number of hydrogen-bond acceptors (Lipinski definition) is 5. The first-order valence-corrected chi connectivity index (χ1v) is 14.7. The first kappa shape index (κ1) is 28.5. The Hall–Kier alpha value is -3.08. The van der Waals surface area contributed by atoms with E-state index in [1.807, 2.05) is 30.5 Å². The Kier molecular flexibility index (Phi) is 9.96. The van der Waals surface area contributed by atoms with Gasteiger partial charge >= 0.3 is 0 Å². The van der Waals surface area contributed by atoms with Crippen LogP contribution in [-0.4, -0.2) is 42.2 Å². The van der Waals surface area contributed by atoms with Crippen LogP contribution in [0.15, 0.2) is 65.0 Å². The Balaban J connectivity index is 1.92. The maximum absolute atomic E-state index is 13.2. The Morgan fingerprint density at radius 2 is 1.73 bits per heavy atom. The van der Waals surface area contributed by atoms with E-state index in [4.69, 9.17) is 0 Å². The van der Waals surface area contributed by atoms with Gasteiger partial charge in [0.05, 0.1) is 15.1 Å².